The number of halogens is 1. The van der Waals surface area contributed by atoms with Gasteiger partial charge in [-0.25, -0.2) is 4.39 Å². The van der Waals surface area contributed by atoms with Gasteiger partial charge < -0.3 is 10.5 Å². The molecule has 0 saturated carbocycles. The second-order valence-electron chi connectivity index (χ2n) is 2.81. The van der Waals surface area contributed by atoms with Gasteiger partial charge in [-0.2, -0.15) is 0 Å². The largest absolute Gasteiger partial charge is 0.469 e. The van der Waals surface area contributed by atoms with Gasteiger partial charge in [0.25, 0.3) is 0 Å². The van der Waals surface area contributed by atoms with Crippen molar-refractivity contribution in [3.63, 3.8) is 0 Å². The molecule has 4 nitrogen and oxygen atoms in total. The zero-order valence-electron chi connectivity index (χ0n) is 8.24. The zero-order chi connectivity index (χ0) is 11.3. The van der Waals surface area contributed by atoms with Crippen LogP contribution in [0.5, 0.6) is 0 Å². The zero-order valence-corrected chi connectivity index (χ0v) is 8.24. The predicted octanol–water partition coefficient (Wildman–Crippen LogP) is 1.38. The number of ether oxygens (including phenoxy) is 1. The molecule has 0 bridgehead atoms. The predicted molar refractivity (Wildman–Crippen MR) is 54.3 cm³/mol. The lowest BCUT2D eigenvalue weighted by Crippen LogP contribution is -1.97. The van der Waals surface area contributed by atoms with Crippen LogP contribution in [0.15, 0.2) is 18.3 Å². The quantitative estimate of drug-likeness (QED) is 0.765. The van der Waals surface area contributed by atoms with Crippen LogP contribution in [-0.4, -0.2) is 18.1 Å². The van der Waals surface area contributed by atoms with Crippen molar-refractivity contribution >= 4 is 17.7 Å². The molecule has 1 aromatic heterocycles. The number of nitrogens with two attached hydrogens (primary N) is 1. The Hall–Kier alpha value is -1.91. The van der Waals surface area contributed by atoms with Crippen LogP contribution in [0.3, 0.4) is 0 Å². The van der Waals surface area contributed by atoms with Crippen molar-refractivity contribution in [3.05, 3.63) is 29.9 Å². The number of nitrogens with zero attached hydrogens (tertiary/aromatic N) is 1. The van der Waals surface area contributed by atoms with Crippen LogP contribution in [0.4, 0.5) is 10.1 Å². The summed E-state index contributed by atoms with van der Waals surface area (Å²) in [5.74, 6) is -0.843. The normalized spacial score (nSPS) is 10.5. The fraction of sp³-hybridized carbons (Fsp3) is 0.200. The summed E-state index contributed by atoms with van der Waals surface area (Å²) >= 11 is 0. The first-order chi connectivity index (χ1) is 7.13. The van der Waals surface area contributed by atoms with Crippen molar-refractivity contribution in [2.24, 2.45) is 0 Å². The highest BCUT2D eigenvalue weighted by molar-refractivity contribution is 5.73. The molecular weight excluding hydrogens is 199 g/mol. The van der Waals surface area contributed by atoms with Crippen LogP contribution in [-0.2, 0) is 9.53 Å². The number of methoxy groups -OCH3 is 1. The molecule has 0 atom stereocenters. The van der Waals surface area contributed by atoms with Gasteiger partial charge in [0.05, 0.1) is 31.1 Å². The van der Waals surface area contributed by atoms with Gasteiger partial charge in [-0.1, -0.05) is 6.08 Å². The van der Waals surface area contributed by atoms with E-state index >= 15 is 0 Å². The molecule has 1 aromatic rings. The molecule has 0 amide bonds. The summed E-state index contributed by atoms with van der Waals surface area (Å²) < 4.78 is 17.0. The lowest BCUT2D eigenvalue weighted by atomic mass is 10.2. The van der Waals surface area contributed by atoms with E-state index in [1.807, 2.05) is 0 Å². The Balaban J connectivity index is 2.68. The van der Waals surface area contributed by atoms with Crippen molar-refractivity contribution in [2.45, 2.75) is 6.42 Å². The summed E-state index contributed by atoms with van der Waals surface area (Å²) in [5, 5.41) is 0. The minimum absolute atomic E-state index is 0.134. The van der Waals surface area contributed by atoms with Gasteiger partial charge in [0, 0.05) is 6.07 Å². The summed E-state index contributed by atoms with van der Waals surface area (Å²) in [5.41, 5.74) is 6.16. The summed E-state index contributed by atoms with van der Waals surface area (Å²) in [4.78, 5) is 14.5. The molecule has 0 radical (unpaired) electrons. The second-order valence-corrected chi connectivity index (χ2v) is 2.81. The number of pyridine rings is 1. The maximum absolute atomic E-state index is 12.6. The summed E-state index contributed by atoms with van der Waals surface area (Å²) in [6, 6.07) is 1.17. The Kier molecular flexibility index (Phi) is 3.79. The number of rotatable bonds is 3. The monoisotopic (exact) mass is 210 g/mol. The Bertz CT molecular complexity index is 391. The number of anilines is 1. The Labute approximate surface area is 86.6 Å². The third-order valence-electron chi connectivity index (χ3n) is 1.70. The molecule has 0 aromatic carbocycles. The molecule has 80 valence electrons. The molecule has 2 N–H and O–H groups in total. The third kappa shape index (κ3) is 3.38. The highest BCUT2D eigenvalue weighted by Crippen LogP contribution is 2.11. The molecule has 0 fully saturated rings. The lowest BCUT2D eigenvalue weighted by Gasteiger charge is -1.98. The van der Waals surface area contributed by atoms with E-state index in [0.717, 1.165) is 6.20 Å². The van der Waals surface area contributed by atoms with E-state index in [-0.39, 0.29) is 18.1 Å². The van der Waals surface area contributed by atoms with E-state index in [9.17, 15) is 9.18 Å². The van der Waals surface area contributed by atoms with Gasteiger partial charge in [-0.15, -0.1) is 0 Å². The molecule has 0 unspecified atom stereocenters. The number of hydrogen-bond donors (Lipinski definition) is 1. The maximum Gasteiger partial charge on any atom is 0.309 e. The average molecular weight is 210 g/mol. The molecule has 0 spiro atoms. The highest BCUT2D eigenvalue weighted by Gasteiger charge is 1.99. The molecule has 15 heavy (non-hydrogen) atoms. The number of aromatic nitrogens is 1. The van der Waals surface area contributed by atoms with Crippen molar-refractivity contribution in [2.75, 3.05) is 12.8 Å². The average Bonchev–Trinajstić information content (AvgIpc) is 2.21. The minimum atomic E-state index is -0.488. The first-order valence-electron chi connectivity index (χ1n) is 4.28. The maximum atomic E-state index is 12.6. The van der Waals surface area contributed by atoms with E-state index in [0.29, 0.717) is 5.69 Å². The molecule has 0 aliphatic rings. The fourth-order valence-corrected chi connectivity index (χ4v) is 0.955. The smallest absolute Gasteiger partial charge is 0.309 e. The highest BCUT2D eigenvalue weighted by atomic mass is 19.1. The molecule has 0 aliphatic carbocycles. The summed E-state index contributed by atoms with van der Waals surface area (Å²) in [7, 11) is 1.31. The van der Waals surface area contributed by atoms with E-state index in [1.54, 1.807) is 12.2 Å². The molecule has 0 aliphatic heterocycles. The van der Waals surface area contributed by atoms with E-state index < -0.39 is 5.82 Å². The number of esters is 1. The molecule has 1 heterocycles. The number of hydrogen-bond acceptors (Lipinski definition) is 4. The lowest BCUT2D eigenvalue weighted by molar-refractivity contribution is -0.139. The van der Waals surface area contributed by atoms with Gasteiger partial charge >= 0.3 is 5.97 Å². The van der Waals surface area contributed by atoms with Crippen LogP contribution in [0.1, 0.15) is 12.1 Å². The van der Waals surface area contributed by atoms with Gasteiger partial charge in [0.2, 0.25) is 0 Å². The summed E-state index contributed by atoms with van der Waals surface area (Å²) in [6.07, 6.45) is 4.30. The van der Waals surface area contributed by atoms with Gasteiger partial charge in [-0.05, 0) is 6.08 Å². The van der Waals surface area contributed by atoms with Crippen LogP contribution in [0, 0.1) is 5.82 Å². The standard InChI is InChI=1S/C10H11FN2O2/c1-15-10(14)4-2-3-9-8(12)5-7(11)6-13-9/h2-3,5-6H,4,12H2,1H3. The van der Waals surface area contributed by atoms with Crippen LogP contribution in [0.2, 0.25) is 0 Å². The first kappa shape index (κ1) is 11.2. The first-order valence-corrected chi connectivity index (χ1v) is 4.28. The molecule has 0 saturated heterocycles. The van der Waals surface area contributed by atoms with E-state index in [4.69, 9.17) is 5.73 Å². The SMILES string of the molecule is COC(=O)CC=Cc1ncc(F)cc1N. The van der Waals surface area contributed by atoms with Crippen LogP contribution >= 0.6 is 0 Å². The molecule has 1 rings (SSSR count). The Morgan fingerprint density at radius 2 is 2.47 bits per heavy atom. The van der Waals surface area contributed by atoms with Crippen LogP contribution in [0.25, 0.3) is 6.08 Å². The minimum Gasteiger partial charge on any atom is -0.469 e. The Morgan fingerprint density at radius 3 is 3.07 bits per heavy atom. The summed E-state index contributed by atoms with van der Waals surface area (Å²) in [6.45, 7) is 0. The third-order valence-corrected chi connectivity index (χ3v) is 1.70. The van der Waals surface area contributed by atoms with E-state index in [2.05, 4.69) is 9.72 Å². The van der Waals surface area contributed by atoms with Gasteiger partial charge in [-0.3, -0.25) is 9.78 Å². The fourth-order valence-electron chi connectivity index (χ4n) is 0.955. The Morgan fingerprint density at radius 1 is 1.73 bits per heavy atom. The molecule has 5 heteroatoms. The van der Waals surface area contributed by atoms with Crippen LogP contribution < -0.4 is 5.73 Å². The van der Waals surface area contributed by atoms with Crippen molar-refractivity contribution in [1.29, 1.82) is 0 Å². The topological polar surface area (TPSA) is 65.2 Å². The van der Waals surface area contributed by atoms with Crippen molar-refractivity contribution in [3.8, 4) is 0 Å². The number of carbonyl (C=O) groups excluding carboxylic acids is 1. The van der Waals surface area contributed by atoms with Gasteiger partial charge in [0.15, 0.2) is 0 Å². The number of nitrogen functional groups attached to an aromatic ring is 1. The van der Waals surface area contributed by atoms with Gasteiger partial charge in [0.1, 0.15) is 5.82 Å². The molecular formula is C10H11FN2O2. The van der Waals surface area contributed by atoms with E-state index in [1.165, 1.54) is 13.2 Å². The van der Waals surface area contributed by atoms with Crippen molar-refractivity contribution in [1.82, 2.24) is 4.98 Å². The number of carbonyl (C=O) groups is 1. The van der Waals surface area contributed by atoms with Crippen molar-refractivity contribution < 1.29 is 13.9 Å². The second kappa shape index (κ2) is 5.09.